The Morgan fingerprint density at radius 3 is 1.38 bits per heavy atom. The molecule has 0 aliphatic heterocycles. The first-order chi connectivity index (χ1) is 7.16. The molecule has 0 aliphatic carbocycles. The largest absolute Gasteiger partial charge is 0.406 e. The molecule has 0 bridgehead atoms. The first-order valence-electron chi connectivity index (χ1n) is 6.34. The number of rotatable bonds is 6. The van der Waals surface area contributed by atoms with Crippen molar-refractivity contribution >= 4 is 14.1 Å². The minimum Gasteiger partial charge on any atom is -0.406 e. The van der Waals surface area contributed by atoms with Gasteiger partial charge < -0.3 is 4.43 Å². The van der Waals surface area contributed by atoms with Crippen LogP contribution in [0.5, 0.6) is 0 Å². The standard InChI is InChI=1S/C13H28O2Si/c1-9(2)16(10(3)4,11(5)6)15-13(8)12(7)14/h9-11,13H,1-8H3. The van der Waals surface area contributed by atoms with Crippen LogP contribution in [-0.2, 0) is 9.22 Å². The van der Waals surface area contributed by atoms with Crippen LogP contribution < -0.4 is 0 Å². The molecule has 16 heavy (non-hydrogen) atoms. The third-order valence-electron chi connectivity index (χ3n) is 3.66. The SMILES string of the molecule is CC(=O)C(C)O[Si](C(C)C)(C(C)C)C(C)C. The normalized spacial score (nSPS) is 14.9. The van der Waals surface area contributed by atoms with Gasteiger partial charge in [0.05, 0.1) is 0 Å². The summed E-state index contributed by atoms with van der Waals surface area (Å²) in [5, 5.41) is 0. The van der Waals surface area contributed by atoms with Crippen LogP contribution in [0.15, 0.2) is 0 Å². The lowest BCUT2D eigenvalue weighted by atomic mass is 10.3. The van der Waals surface area contributed by atoms with Crippen molar-refractivity contribution in [2.75, 3.05) is 0 Å². The second-order valence-corrected chi connectivity index (χ2v) is 11.1. The van der Waals surface area contributed by atoms with Crippen molar-refractivity contribution in [3.8, 4) is 0 Å². The van der Waals surface area contributed by atoms with Crippen molar-refractivity contribution in [3.05, 3.63) is 0 Å². The van der Waals surface area contributed by atoms with Crippen LogP contribution in [0, 0.1) is 0 Å². The van der Waals surface area contributed by atoms with E-state index in [1.807, 2.05) is 6.92 Å². The molecular formula is C13H28O2Si. The molecule has 0 rings (SSSR count). The van der Waals surface area contributed by atoms with Gasteiger partial charge in [0.2, 0.25) is 8.32 Å². The highest BCUT2D eigenvalue weighted by molar-refractivity contribution is 6.77. The second kappa shape index (κ2) is 5.96. The lowest BCUT2D eigenvalue weighted by Crippen LogP contribution is -2.50. The molecule has 0 heterocycles. The Morgan fingerprint density at radius 1 is 0.875 bits per heavy atom. The van der Waals surface area contributed by atoms with Crippen LogP contribution in [0.25, 0.3) is 0 Å². The molecule has 0 saturated heterocycles. The van der Waals surface area contributed by atoms with E-state index in [1.54, 1.807) is 6.92 Å². The summed E-state index contributed by atoms with van der Waals surface area (Å²) in [5.74, 6) is 0.138. The van der Waals surface area contributed by atoms with E-state index in [0.717, 1.165) is 0 Å². The van der Waals surface area contributed by atoms with Crippen LogP contribution in [0.1, 0.15) is 55.4 Å². The summed E-state index contributed by atoms with van der Waals surface area (Å²) in [7, 11) is -1.87. The molecule has 0 aromatic carbocycles. The number of carbonyl (C=O) groups is 1. The number of ketones is 1. The van der Waals surface area contributed by atoms with Gasteiger partial charge in [-0.15, -0.1) is 0 Å². The Kier molecular flexibility index (Phi) is 5.91. The Labute approximate surface area is 102 Å². The van der Waals surface area contributed by atoms with Gasteiger partial charge in [0, 0.05) is 0 Å². The molecule has 0 aromatic rings. The topological polar surface area (TPSA) is 26.3 Å². The van der Waals surface area contributed by atoms with Gasteiger partial charge in [0.25, 0.3) is 0 Å². The molecule has 3 heteroatoms. The van der Waals surface area contributed by atoms with Crippen molar-refractivity contribution < 1.29 is 9.22 Å². The highest BCUT2D eigenvalue weighted by Gasteiger charge is 2.46. The summed E-state index contributed by atoms with van der Waals surface area (Å²) < 4.78 is 6.27. The van der Waals surface area contributed by atoms with E-state index < -0.39 is 8.32 Å². The average Bonchev–Trinajstić information content (AvgIpc) is 2.11. The van der Waals surface area contributed by atoms with Gasteiger partial charge in [-0.1, -0.05) is 41.5 Å². The van der Waals surface area contributed by atoms with Crippen molar-refractivity contribution in [2.45, 2.75) is 78.1 Å². The maximum absolute atomic E-state index is 11.4. The highest BCUT2D eigenvalue weighted by atomic mass is 28.4. The number of carbonyl (C=O) groups excluding carboxylic acids is 1. The van der Waals surface area contributed by atoms with Crippen LogP contribution >= 0.6 is 0 Å². The summed E-state index contributed by atoms with van der Waals surface area (Å²) in [6.07, 6.45) is -0.251. The lowest BCUT2D eigenvalue weighted by Gasteiger charge is -2.43. The van der Waals surface area contributed by atoms with Crippen molar-refractivity contribution in [2.24, 2.45) is 0 Å². The molecule has 1 unspecified atom stereocenters. The summed E-state index contributed by atoms with van der Waals surface area (Å²) >= 11 is 0. The van der Waals surface area contributed by atoms with Crippen molar-refractivity contribution in [1.82, 2.24) is 0 Å². The van der Waals surface area contributed by atoms with Crippen LogP contribution in [0.4, 0.5) is 0 Å². The minimum atomic E-state index is -1.87. The summed E-state index contributed by atoms with van der Waals surface area (Å²) in [6.45, 7) is 16.9. The Balaban J connectivity index is 5.13. The molecule has 0 radical (unpaired) electrons. The van der Waals surface area contributed by atoms with Gasteiger partial charge in [-0.3, -0.25) is 4.79 Å². The predicted octanol–water partition coefficient (Wildman–Crippen LogP) is 4.16. The summed E-state index contributed by atoms with van der Waals surface area (Å²) in [5.41, 5.74) is 1.61. The highest BCUT2D eigenvalue weighted by Crippen LogP contribution is 2.42. The van der Waals surface area contributed by atoms with E-state index in [2.05, 4.69) is 41.5 Å². The lowest BCUT2D eigenvalue weighted by molar-refractivity contribution is -0.123. The van der Waals surface area contributed by atoms with Crippen LogP contribution in [-0.4, -0.2) is 20.2 Å². The maximum atomic E-state index is 11.4. The van der Waals surface area contributed by atoms with Gasteiger partial charge in [-0.05, 0) is 30.5 Å². The van der Waals surface area contributed by atoms with E-state index in [1.165, 1.54) is 0 Å². The number of hydrogen-bond acceptors (Lipinski definition) is 2. The zero-order valence-corrected chi connectivity index (χ0v) is 13.1. The van der Waals surface area contributed by atoms with Crippen molar-refractivity contribution in [1.29, 1.82) is 0 Å². The Morgan fingerprint density at radius 2 is 1.19 bits per heavy atom. The molecule has 0 spiro atoms. The molecule has 0 N–H and O–H groups in total. The minimum absolute atomic E-state index is 0.138. The molecule has 0 saturated carbocycles. The first kappa shape index (κ1) is 15.8. The maximum Gasteiger partial charge on any atom is 0.201 e. The van der Waals surface area contributed by atoms with E-state index in [0.29, 0.717) is 16.6 Å². The molecule has 0 aromatic heterocycles. The third kappa shape index (κ3) is 3.17. The third-order valence-corrected chi connectivity index (χ3v) is 9.84. The van der Waals surface area contributed by atoms with Crippen LogP contribution in [0.3, 0.4) is 0 Å². The van der Waals surface area contributed by atoms with E-state index in [9.17, 15) is 4.79 Å². The fraction of sp³-hybridized carbons (Fsp3) is 0.923. The predicted molar refractivity (Wildman–Crippen MR) is 72.3 cm³/mol. The summed E-state index contributed by atoms with van der Waals surface area (Å²) in [4.78, 5) is 11.4. The Bertz CT molecular complexity index is 212. The van der Waals surface area contributed by atoms with Gasteiger partial charge in [0.1, 0.15) is 6.10 Å². The number of hydrogen-bond donors (Lipinski definition) is 0. The molecule has 0 fully saturated rings. The molecule has 0 amide bonds. The van der Waals surface area contributed by atoms with Gasteiger partial charge in [0.15, 0.2) is 5.78 Å². The van der Waals surface area contributed by atoms with E-state index in [4.69, 9.17) is 4.43 Å². The monoisotopic (exact) mass is 244 g/mol. The van der Waals surface area contributed by atoms with Gasteiger partial charge in [-0.2, -0.15) is 0 Å². The summed E-state index contributed by atoms with van der Waals surface area (Å²) in [6, 6.07) is 0. The Hall–Kier alpha value is -0.153. The van der Waals surface area contributed by atoms with Gasteiger partial charge in [-0.25, -0.2) is 0 Å². The van der Waals surface area contributed by atoms with E-state index in [-0.39, 0.29) is 11.9 Å². The zero-order valence-electron chi connectivity index (χ0n) is 12.1. The first-order valence-corrected chi connectivity index (χ1v) is 8.48. The smallest absolute Gasteiger partial charge is 0.201 e. The average molecular weight is 244 g/mol. The molecule has 96 valence electrons. The van der Waals surface area contributed by atoms with Crippen molar-refractivity contribution in [3.63, 3.8) is 0 Å². The van der Waals surface area contributed by atoms with Gasteiger partial charge >= 0.3 is 0 Å². The molecule has 1 atom stereocenters. The molecule has 2 nitrogen and oxygen atoms in total. The second-order valence-electron chi connectivity index (χ2n) is 5.69. The fourth-order valence-electron chi connectivity index (χ4n) is 2.80. The molecule has 0 aliphatic rings. The molecular weight excluding hydrogens is 216 g/mol. The fourth-order valence-corrected chi connectivity index (χ4v) is 8.39. The van der Waals surface area contributed by atoms with Crippen LogP contribution in [0.2, 0.25) is 16.6 Å². The zero-order chi connectivity index (χ0) is 13.1. The van der Waals surface area contributed by atoms with E-state index >= 15 is 0 Å². The number of Topliss-reactive ketones (excluding diaryl/α,β-unsaturated/α-hetero) is 1. The quantitative estimate of drug-likeness (QED) is 0.656.